The molecule has 0 bridgehead atoms. The molecule has 0 aliphatic heterocycles. The van der Waals surface area contributed by atoms with Crippen LogP contribution in [0.1, 0.15) is 31.9 Å². The Morgan fingerprint density at radius 3 is 2.61 bits per heavy atom. The van der Waals surface area contributed by atoms with Gasteiger partial charge in [-0.2, -0.15) is 5.10 Å². The number of nitrogens with zero attached hydrogens (tertiary/aromatic N) is 1. The van der Waals surface area contributed by atoms with Crippen LogP contribution in [0.3, 0.4) is 0 Å². The molecule has 2 aromatic carbocycles. The molecule has 0 spiro atoms. The van der Waals surface area contributed by atoms with Crippen molar-refractivity contribution in [3.05, 3.63) is 81.2 Å². The molecule has 172 valence electrons. The van der Waals surface area contributed by atoms with Gasteiger partial charge in [0.1, 0.15) is 23.5 Å². The predicted octanol–water partition coefficient (Wildman–Crippen LogP) is 4.03. The van der Waals surface area contributed by atoms with Gasteiger partial charge in [-0.3, -0.25) is 9.59 Å². The summed E-state index contributed by atoms with van der Waals surface area (Å²) in [6.45, 7) is 5.18. The number of halogens is 1. The molecule has 1 atom stereocenters. The van der Waals surface area contributed by atoms with Crippen LogP contribution in [0.15, 0.2) is 69.1 Å². The molecular weight excluding hydrogens is 446 g/mol. The fraction of sp³-hybridized carbons (Fsp3) is 0.250. The average Bonchev–Trinajstić information content (AvgIpc) is 2.74. The van der Waals surface area contributed by atoms with E-state index in [1.807, 2.05) is 30.3 Å². The summed E-state index contributed by atoms with van der Waals surface area (Å²) in [6.07, 6.45) is 1.92. The Bertz CT molecular complexity index is 1230. The topological polar surface area (TPSA) is 110 Å². The van der Waals surface area contributed by atoms with Gasteiger partial charge in [-0.15, -0.1) is 0 Å². The summed E-state index contributed by atoms with van der Waals surface area (Å²) in [5.74, 6) is -0.575. The van der Waals surface area contributed by atoms with Gasteiger partial charge >= 0.3 is 6.09 Å². The van der Waals surface area contributed by atoms with Crippen LogP contribution in [-0.2, 0) is 16.0 Å². The molecule has 3 rings (SSSR count). The monoisotopic (exact) mass is 469 g/mol. The summed E-state index contributed by atoms with van der Waals surface area (Å²) in [5.41, 5.74) is 2.65. The van der Waals surface area contributed by atoms with E-state index in [1.54, 1.807) is 32.9 Å². The molecule has 33 heavy (non-hydrogen) atoms. The Kier molecular flexibility index (Phi) is 7.50. The normalized spacial score (nSPS) is 12.5. The van der Waals surface area contributed by atoms with E-state index >= 15 is 0 Å². The van der Waals surface area contributed by atoms with E-state index in [2.05, 4.69) is 15.8 Å². The van der Waals surface area contributed by atoms with E-state index in [-0.39, 0.29) is 17.4 Å². The van der Waals surface area contributed by atoms with Crippen molar-refractivity contribution in [2.75, 3.05) is 0 Å². The van der Waals surface area contributed by atoms with Crippen LogP contribution in [0, 0.1) is 0 Å². The molecule has 0 radical (unpaired) electrons. The molecule has 9 heteroatoms. The van der Waals surface area contributed by atoms with Gasteiger partial charge in [-0.25, -0.2) is 10.2 Å². The lowest BCUT2D eigenvalue weighted by Gasteiger charge is -2.23. The molecule has 0 aliphatic carbocycles. The fourth-order valence-electron chi connectivity index (χ4n) is 2.96. The first-order chi connectivity index (χ1) is 15.6. The standard InChI is InChI=1S/C24H24ClN3O5/c1-24(2,3)33-23(31)27-19(11-15-7-5-4-6-8-15)22(30)28-26-13-16-14-32-20-10-9-17(25)12-18(20)21(16)29/h4-10,12-14,19H,11H2,1-3H3,(H,27,31)(H,28,30). The average molecular weight is 470 g/mol. The second-order valence-corrected chi connectivity index (χ2v) is 8.72. The fourth-order valence-corrected chi connectivity index (χ4v) is 3.13. The maximum atomic E-state index is 12.8. The second kappa shape index (κ2) is 10.3. The highest BCUT2D eigenvalue weighted by Crippen LogP contribution is 2.16. The summed E-state index contributed by atoms with van der Waals surface area (Å²) >= 11 is 5.96. The molecule has 1 aromatic heterocycles. The van der Waals surface area contributed by atoms with Crippen LogP contribution in [-0.4, -0.2) is 29.9 Å². The first kappa shape index (κ1) is 24.0. The molecule has 1 heterocycles. The number of hydrogen-bond donors (Lipinski definition) is 2. The molecular formula is C24H24ClN3O5. The lowest BCUT2D eigenvalue weighted by atomic mass is 10.1. The first-order valence-corrected chi connectivity index (χ1v) is 10.6. The second-order valence-electron chi connectivity index (χ2n) is 8.28. The van der Waals surface area contributed by atoms with Gasteiger partial charge in [-0.1, -0.05) is 41.9 Å². The minimum atomic E-state index is -0.953. The number of rotatable bonds is 6. The zero-order valence-electron chi connectivity index (χ0n) is 18.4. The molecule has 0 saturated carbocycles. The SMILES string of the molecule is CC(C)(C)OC(=O)NC(Cc1ccccc1)C(=O)NN=Cc1coc2ccc(Cl)cc2c1=O. The van der Waals surface area contributed by atoms with Crippen molar-refractivity contribution in [1.82, 2.24) is 10.7 Å². The first-order valence-electron chi connectivity index (χ1n) is 10.2. The van der Waals surface area contributed by atoms with Crippen LogP contribution in [0.4, 0.5) is 4.79 Å². The minimum absolute atomic E-state index is 0.129. The Hall–Kier alpha value is -3.65. The summed E-state index contributed by atoms with van der Waals surface area (Å²) < 4.78 is 10.7. The van der Waals surface area contributed by atoms with E-state index in [9.17, 15) is 14.4 Å². The number of amides is 2. The summed E-state index contributed by atoms with van der Waals surface area (Å²) in [5, 5.41) is 7.13. The van der Waals surface area contributed by atoms with Crippen molar-refractivity contribution in [1.29, 1.82) is 0 Å². The number of carbonyl (C=O) groups is 2. The van der Waals surface area contributed by atoms with E-state index in [4.69, 9.17) is 20.8 Å². The lowest BCUT2D eigenvalue weighted by molar-refractivity contribution is -0.123. The summed E-state index contributed by atoms with van der Waals surface area (Å²) in [4.78, 5) is 37.6. The Labute approximate surface area is 195 Å². The van der Waals surface area contributed by atoms with Crippen LogP contribution < -0.4 is 16.2 Å². The molecule has 2 N–H and O–H groups in total. The Balaban J connectivity index is 1.75. The number of nitrogens with one attached hydrogen (secondary N) is 2. The smallest absolute Gasteiger partial charge is 0.408 e. The van der Waals surface area contributed by atoms with Gasteiger partial charge in [0.05, 0.1) is 17.2 Å². The minimum Gasteiger partial charge on any atom is -0.463 e. The molecule has 0 aliphatic rings. The molecule has 1 unspecified atom stereocenters. The third-order valence-electron chi connectivity index (χ3n) is 4.43. The van der Waals surface area contributed by atoms with Crippen LogP contribution >= 0.6 is 11.6 Å². The molecule has 0 saturated heterocycles. The lowest BCUT2D eigenvalue weighted by Crippen LogP contribution is -2.48. The van der Waals surface area contributed by atoms with Gasteiger partial charge in [-0.05, 0) is 44.5 Å². The third kappa shape index (κ3) is 6.92. The van der Waals surface area contributed by atoms with Crippen molar-refractivity contribution < 1.29 is 18.7 Å². The maximum Gasteiger partial charge on any atom is 0.408 e. The Morgan fingerprint density at radius 2 is 1.91 bits per heavy atom. The van der Waals surface area contributed by atoms with Gasteiger partial charge < -0.3 is 14.5 Å². The third-order valence-corrected chi connectivity index (χ3v) is 4.66. The number of alkyl carbamates (subject to hydrolysis) is 1. The van der Waals surface area contributed by atoms with E-state index in [0.717, 1.165) is 5.56 Å². The van der Waals surface area contributed by atoms with Crippen molar-refractivity contribution in [3.63, 3.8) is 0 Å². The molecule has 0 fully saturated rings. The summed E-state index contributed by atoms with van der Waals surface area (Å²) in [6, 6.07) is 13.0. The maximum absolute atomic E-state index is 12.8. The highest BCUT2D eigenvalue weighted by molar-refractivity contribution is 6.31. The van der Waals surface area contributed by atoms with Crippen LogP contribution in [0.25, 0.3) is 11.0 Å². The molecule has 2 amide bonds. The predicted molar refractivity (Wildman–Crippen MR) is 127 cm³/mol. The highest BCUT2D eigenvalue weighted by atomic mass is 35.5. The number of benzene rings is 2. The quantitative estimate of drug-likeness (QED) is 0.418. The van der Waals surface area contributed by atoms with Crippen molar-refractivity contribution in [2.45, 2.75) is 38.8 Å². The summed E-state index contributed by atoms with van der Waals surface area (Å²) in [7, 11) is 0. The van der Waals surface area contributed by atoms with Crippen molar-refractivity contribution in [2.24, 2.45) is 5.10 Å². The largest absolute Gasteiger partial charge is 0.463 e. The van der Waals surface area contributed by atoms with Crippen LogP contribution in [0.2, 0.25) is 5.02 Å². The number of hydrogen-bond acceptors (Lipinski definition) is 6. The van der Waals surface area contributed by atoms with Crippen molar-refractivity contribution in [3.8, 4) is 0 Å². The number of carbonyl (C=O) groups excluding carboxylic acids is 2. The number of fused-ring (bicyclic) bond motifs is 1. The van der Waals surface area contributed by atoms with E-state index < -0.39 is 23.6 Å². The van der Waals surface area contributed by atoms with E-state index in [0.29, 0.717) is 16.0 Å². The van der Waals surface area contributed by atoms with Crippen molar-refractivity contribution >= 4 is 40.8 Å². The zero-order valence-corrected chi connectivity index (χ0v) is 19.2. The molecule has 3 aromatic rings. The van der Waals surface area contributed by atoms with Gasteiger partial charge in [0.2, 0.25) is 5.43 Å². The zero-order chi connectivity index (χ0) is 24.0. The van der Waals surface area contributed by atoms with Gasteiger partial charge in [0.15, 0.2) is 0 Å². The number of hydrazone groups is 1. The van der Waals surface area contributed by atoms with Gasteiger partial charge in [0, 0.05) is 11.4 Å². The molecule has 8 nitrogen and oxygen atoms in total. The van der Waals surface area contributed by atoms with E-state index in [1.165, 1.54) is 18.5 Å². The highest BCUT2D eigenvalue weighted by Gasteiger charge is 2.24. The number of ether oxygens (including phenoxy) is 1. The van der Waals surface area contributed by atoms with Gasteiger partial charge in [0.25, 0.3) is 5.91 Å². The van der Waals surface area contributed by atoms with Crippen LogP contribution in [0.5, 0.6) is 0 Å². The Morgan fingerprint density at radius 1 is 1.18 bits per heavy atom.